The largest absolute Gasteiger partial charge is 0.494 e. The highest BCUT2D eigenvalue weighted by molar-refractivity contribution is 5.94. The zero-order chi connectivity index (χ0) is 14.8. The molecule has 0 spiro atoms. The van der Waals surface area contributed by atoms with Crippen LogP contribution in [-0.2, 0) is 0 Å². The first-order valence-electron chi connectivity index (χ1n) is 7.96. The average molecular weight is 325 g/mol. The van der Waals surface area contributed by atoms with Crippen molar-refractivity contribution >= 4 is 18.3 Å². The first-order valence-corrected chi connectivity index (χ1v) is 7.96. The van der Waals surface area contributed by atoms with Crippen molar-refractivity contribution in [1.82, 2.24) is 4.90 Å². The van der Waals surface area contributed by atoms with Gasteiger partial charge in [0.15, 0.2) is 0 Å². The Bertz CT molecular complexity index is 506. The molecule has 2 aliphatic rings. The second-order valence-electron chi connectivity index (χ2n) is 6.19. The Morgan fingerprint density at radius 2 is 2.00 bits per heavy atom. The first kappa shape index (κ1) is 17.1. The summed E-state index contributed by atoms with van der Waals surface area (Å²) in [6.45, 7) is 4.28. The smallest absolute Gasteiger partial charge is 0.253 e. The fraction of sp³-hybridized carbons (Fsp3) is 0.588. The number of fused-ring (bicyclic) bond motifs is 1. The maximum absolute atomic E-state index is 12.6. The van der Waals surface area contributed by atoms with Gasteiger partial charge >= 0.3 is 0 Å². The molecule has 0 bridgehead atoms. The van der Waals surface area contributed by atoms with Gasteiger partial charge in [-0.05, 0) is 55.9 Å². The number of benzene rings is 1. The molecule has 2 N–H and O–H groups in total. The van der Waals surface area contributed by atoms with Crippen LogP contribution in [0.25, 0.3) is 0 Å². The van der Waals surface area contributed by atoms with Crippen LogP contribution in [-0.4, -0.2) is 36.5 Å². The molecule has 3 rings (SSSR count). The van der Waals surface area contributed by atoms with E-state index in [0.717, 1.165) is 30.8 Å². The number of ether oxygens (including phenoxy) is 1. The number of nitrogens with zero attached hydrogens (tertiary/aromatic N) is 1. The van der Waals surface area contributed by atoms with E-state index in [1.165, 1.54) is 12.8 Å². The quantitative estimate of drug-likeness (QED) is 0.930. The van der Waals surface area contributed by atoms with Crippen molar-refractivity contribution in [3.8, 4) is 5.75 Å². The Labute approximate surface area is 138 Å². The minimum absolute atomic E-state index is 0. The maximum Gasteiger partial charge on any atom is 0.253 e. The molecule has 1 aliphatic heterocycles. The molecule has 1 saturated carbocycles. The minimum Gasteiger partial charge on any atom is -0.494 e. The zero-order valence-corrected chi connectivity index (χ0v) is 13.8. The van der Waals surface area contributed by atoms with Crippen molar-refractivity contribution in [1.29, 1.82) is 0 Å². The number of nitrogens with two attached hydrogens (primary N) is 1. The Hall–Kier alpha value is -1.26. The number of carbonyl (C=O) groups excluding carboxylic acids is 1. The van der Waals surface area contributed by atoms with E-state index >= 15 is 0 Å². The molecule has 1 aromatic carbocycles. The van der Waals surface area contributed by atoms with Crippen molar-refractivity contribution in [2.24, 2.45) is 17.6 Å². The number of hydrogen-bond donors (Lipinski definition) is 1. The summed E-state index contributed by atoms with van der Waals surface area (Å²) in [6.07, 6.45) is 3.52. The van der Waals surface area contributed by atoms with E-state index in [4.69, 9.17) is 10.5 Å². The van der Waals surface area contributed by atoms with Crippen LogP contribution in [0.3, 0.4) is 0 Å². The summed E-state index contributed by atoms with van der Waals surface area (Å²) in [6, 6.07) is 7.71. The van der Waals surface area contributed by atoms with Crippen molar-refractivity contribution in [2.75, 3.05) is 19.7 Å². The summed E-state index contributed by atoms with van der Waals surface area (Å²) >= 11 is 0. The third kappa shape index (κ3) is 3.39. The van der Waals surface area contributed by atoms with Gasteiger partial charge in [-0.15, -0.1) is 12.4 Å². The van der Waals surface area contributed by atoms with Crippen molar-refractivity contribution in [3.05, 3.63) is 29.8 Å². The van der Waals surface area contributed by atoms with Crippen LogP contribution in [0.1, 0.15) is 36.5 Å². The van der Waals surface area contributed by atoms with Crippen LogP contribution in [0.2, 0.25) is 0 Å². The minimum atomic E-state index is 0. The highest BCUT2D eigenvalue weighted by Gasteiger charge is 2.40. The van der Waals surface area contributed by atoms with Gasteiger partial charge in [-0.3, -0.25) is 4.79 Å². The van der Waals surface area contributed by atoms with E-state index in [0.29, 0.717) is 18.4 Å². The van der Waals surface area contributed by atoms with Gasteiger partial charge in [0.2, 0.25) is 0 Å². The van der Waals surface area contributed by atoms with Gasteiger partial charge in [-0.1, -0.05) is 6.42 Å². The second kappa shape index (κ2) is 7.34. The number of hydrogen-bond acceptors (Lipinski definition) is 3. The monoisotopic (exact) mass is 324 g/mol. The fourth-order valence-electron chi connectivity index (χ4n) is 3.73. The maximum atomic E-state index is 12.6. The van der Waals surface area contributed by atoms with Crippen LogP contribution in [0.4, 0.5) is 0 Å². The highest BCUT2D eigenvalue weighted by atomic mass is 35.5. The number of likely N-dealkylation sites (tertiary alicyclic amines) is 1. The Balaban J connectivity index is 0.00000176. The number of rotatable bonds is 3. The second-order valence-corrected chi connectivity index (χ2v) is 6.19. The van der Waals surface area contributed by atoms with E-state index in [1.54, 1.807) is 0 Å². The number of carbonyl (C=O) groups is 1. The van der Waals surface area contributed by atoms with Gasteiger partial charge in [-0.25, -0.2) is 0 Å². The fourth-order valence-corrected chi connectivity index (χ4v) is 3.73. The van der Waals surface area contributed by atoms with Crippen LogP contribution in [0.5, 0.6) is 5.75 Å². The van der Waals surface area contributed by atoms with Crippen molar-refractivity contribution in [2.45, 2.75) is 32.2 Å². The lowest BCUT2D eigenvalue weighted by atomic mass is 9.78. The van der Waals surface area contributed by atoms with E-state index in [9.17, 15) is 4.79 Å². The van der Waals surface area contributed by atoms with Crippen LogP contribution < -0.4 is 10.5 Å². The van der Waals surface area contributed by atoms with Crippen molar-refractivity contribution < 1.29 is 9.53 Å². The Kier molecular flexibility index (Phi) is 5.70. The van der Waals surface area contributed by atoms with Gasteiger partial charge in [0.25, 0.3) is 5.91 Å². The summed E-state index contributed by atoms with van der Waals surface area (Å²) in [5.41, 5.74) is 6.96. The van der Waals surface area contributed by atoms with Gasteiger partial charge in [-0.2, -0.15) is 0 Å². The van der Waals surface area contributed by atoms with Gasteiger partial charge in [0, 0.05) is 24.7 Å². The predicted molar refractivity (Wildman–Crippen MR) is 89.6 cm³/mol. The average Bonchev–Trinajstić information content (AvgIpc) is 2.93. The molecule has 0 radical (unpaired) electrons. The lowest BCUT2D eigenvalue weighted by Gasteiger charge is -2.29. The van der Waals surface area contributed by atoms with Gasteiger partial charge in [0.1, 0.15) is 5.75 Å². The van der Waals surface area contributed by atoms with Crippen LogP contribution in [0, 0.1) is 11.8 Å². The molecule has 2 fully saturated rings. The molecule has 4 nitrogen and oxygen atoms in total. The normalized spacial score (nSPS) is 27.0. The lowest BCUT2D eigenvalue weighted by molar-refractivity contribution is 0.0783. The molecule has 1 amide bonds. The molecular weight excluding hydrogens is 300 g/mol. The molecule has 1 aliphatic carbocycles. The molecule has 3 atom stereocenters. The summed E-state index contributed by atoms with van der Waals surface area (Å²) in [5, 5.41) is 0. The summed E-state index contributed by atoms with van der Waals surface area (Å²) < 4.78 is 5.42. The molecule has 22 heavy (non-hydrogen) atoms. The Morgan fingerprint density at radius 3 is 2.64 bits per heavy atom. The molecule has 122 valence electrons. The standard InChI is InChI=1S/C17H24N2O2.ClH/c1-2-21-14-8-6-12(7-9-14)17(20)19-10-13-4-3-5-16(18)15(13)11-19;/h6-9,13,15-16H,2-5,10-11,18H2,1H3;1H. The highest BCUT2D eigenvalue weighted by Crippen LogP contribution is 2.36. The SMILES string of the molecule is CCOc1ccc(C(=O)N2CC3CCCC(N)C3C2)cc1.Cl. The topological polar surface area (TPSA) is 55.6 Å². The molecular formula is C17H25ClN2O2. The molecule has 1 aromatic rings. The van der Waals surface area contributed by atoms with Crippen molar-refractivity contribution in [3.63, 3.8) is 0 Å². The molecule has 1 heterocycles. The van der Waals surface area contributed by atoms with Gasteiger partial charge < -0.3 is 15.4 Å². The van der Waals surface area contributed by atoms with E-state index in [2.05, 4.69) is 0 Å². The van der Waals surface area contributed by atoms with Crippen LogP contribution in [0.15, 0.2) is 24.3 Å². The van der Waals surface area contributed by atoms with E-state index < -0.39 is 0 Å². The third-order valence-electron chi connectivity index (χ3n) is 4.85. The van der Waals surface area contributed by atoms with Gasteiger partial charge in [0.05, 0.1) is 6.61 Å². The molecule has 0 aromatic heterocycles. The van der Waals surface area contributed by atoms with E-state index in [1.807, 2.05) is 36.1 Å². The summed E-state index contributed by atoms with van der Waals surface area (Å²) in [7, 11) is 0. The number of halogens is 1. The zero-order valence-electron chi connectivity index (χ0n) is 13.0. The first-order chi connectivity index (χ1) is 10.2. The van der Waals surface area contributed by atoms with E-state index in [-0.39, 0.29) is 24.4 Å². The number of amides is 1. The molecule has 1 saturated heterocycles. The Morgan fingerprint density at radius 1 is 1.27 bits per heavy atom. The lowest BCUT2D eigenvalue weighted by Crippen LogP contribution is -2.38. The third-order valence-corrected chi connectivity index (χ3v) is 4.85. The summed E-state index contributed by atoms with van der Waals surface area (Å²) in [4.78, 5) is 14.6. The predicted octanol–water partition coefficient (Wildman–Crippen LogP) is 2.71. The summed E-state index contributed by atoms with van der Waals surface area (Å²) in [5.74, 6) is 2.02. The molecule has 3 unspecified atom stereocenters. The molecule has 5 heteroatoms. The van der Waals surface area contributed by atoms with Crippen LogP contribution >= 0.6 is 12.4 Å².